The Hall–Kier alpha value is -3.44. The Labute approximate surface area is 217 Å². The van der Waals surface area contributed by atoms with Crippen molar-refractivity contribution in [2.24, 2.45) is 0 Å². The zero-order chi connectivity index (χ0) is 25.5. The fourth-order valence-electron chi connectivity index (χ4n) is 5.29. The molecule has 5 nitrogen and oxygen atoms in total. The van der Waals surface area contributed by atoms with Crippen LogP contribution in [-0.4, -0.2) is 24.7 Å². The number of fused-ring (bicyclic) bond motifs is 3. The third-order valence-electron chi connectivity index (χ3n) is 7.25. The summed E-state index contributed by atoms with van der Waals surface area (Å²) < 4.78 is 12.0. The number of carbonyl (C=O) groups is 1. The van der Waals surface area contributed by atoms with E-state index in [0.29, 0.717) is 36.3 Å². The summed E-state index contributed by atoms with van der Waals surface area (Å²) in [5.41, 5.74) is 4.46. The molecule has 2 aliphatic rings. The monoisotopic (exact) mass is 502 g/mol. The summed E-state index contributed by atoms with van der Waals surface area (Å²) >= 11 is 6.28. The molecule has 186 valence electrons. The van der Waals surface area contributed by atoms with Crippen molar-refractivity contribution in [2.45, 2.75) is 45.4 Å². The van der Waals surface area contributed by atoms with Gasteiger partial charge in [0.1, 0.15) is 12.3 Å². The molecule has 0 unspecified atom stereocenters. The molecule has 1 atom stereocenters. The van der Waals surface area contributed by atoms with E-state index in [-0.39, 0.29) is 11.3 Å². The molecule has 2 aliphatic heterocycles. The zero-order valence-corrected chi connectivity index (χ0v) is 21.9. The van der Waals surface area contributed by atoms with Gasteiger partial charge in [0.2, 0.25) is 5.91 Å². The summed E-state index contributed by atoms with van der Waals surface area (Å²) in [4.78, 5) is 14.8. The average Bonchev–Trinajstić information content (AvgIpc) is 3.27. The molecule has 1 N–H and O–H groups in total. The molecule has 0 radical (unpaired) electrons. The van der Waals surface area contributed by atoms with Crippen molar-refractivity contribution in [1.82, 2.24) is 5.32 Å². The van der Waals surface area contributed by atoms with Crippen LogP contribution >= 0.6 is 11.6 Å². The van der Waals surface area contributed by atoms with Crippen molar-refractivity contribution in [3.05, 3.63) is 94.0 Å². The van der Waals surface area contributed by atoms with Crippen LogP contribution in [0.2, 0.25) is 5.02 Å². The van der Waals surface area contributed by atoms with Crippen molar-refractivity contribution in [3.8, 4) is 11.5 Å². The minimum absolute atomic E-state index is 0.0253. The van der Waals surface area contributed by atoms with Gasteiger partial charge in [0.15, 0.2) is 11.5 Å². The molecular weight excluding hydrogens is 472 g/mol. The first-order chi connectivity index (χ1) is 17.2. The van der Waals surface area contributed by atoms with Crippen LogP contribution < -0.4 is 19.7 Å². The van der Waals surface area contributed by atoms with Gasteiger partial charge in [0.05, 0.1) is 13.2 Å². The third-order valence-corrected chi connectivity index (χ3v) is 7.62. The van der Waals surface area contributed by atoms with Gasteiger partial charge in [-0.25, -0.2) is 0 Å². The molecule has 1 fully saturated rings. The molecule has 0 bridgehead atoms. The number of amides is 1. The molecule has 0 saturated carbocycles. The Bertz CT molecular complexity index is 1350. The van der Waals surface area contributed by atoms with Gasteiger partial charge in [-0.1, -0.05) is 73.5 Å². The lowest BCUT2D eigenvalue weighted by Gasteiger charge is -2.40. The van der Waals surface area contributed by atoms with E-state index >= 15 is 0 Å². The second-order valence-electron chi connectivity index (χ2n) is 9.90. The molecule has 5 rings (SSSR count). The summed E-state index contributed by atoms with van der Waals surface area (Å²) in [7, 11) is 0. The molecule has 3 aromatic carbocycles. The number of aryl methyl sites for hydroxylation is 1. The van der Waals surface area contributed by atoms with Gasteiger partial charge in [-0.05, 0) is 55.3 Å². The Morgan fingerprint density at radius 3 is 2.64 bits per heavy atom. The number of rotatable bonds is 7. The lowest BCUT2D eigenvalue weighted by molar-refractivity contribution is -0.118. The number of hydrogen-bond acceptors (Lipinski definition) is 4. The highest BCUT2D eigenvalue weighted by atomic mass is 35.5. The smallest absolute Gasteiger partial charge is 0.241 e. The number of nitrogens with zero attached hydrogens (tertiary/aromatic N) is 1. The number of anilines is 1. The van der Waals surface area contributed by atoms with Gasteiger partial charge in [0.25, 0.3) is 0 Å². The largest absolute Gasteiger partial charge is 0.490 e. The van der Waals surface area contributed by atoms with E-state index in [1.165, 1.54) is 11.1 Å². The van der Waals surface area contributed by atoms with Crippen LogP contribution in [0.15, 0.2) is 66.7 Å². The Morgan fingerprint density at radius 2 is 1.86 bits per heavy atom. The quantitative estimate of drug-likeness (QED) is 0.414. The van der Waals surface area contributed by atoms with Gasteiger partial charge in [-0.2, -0.15) is 0 Å². The molecule has 2 heterocycles. The summed E-state index contributed by atoms with van der Waals surface area (Å²) in [5, 5.41) is 3.96. The van der Waals surface area contributed by atoms with Crippen molar-refractivity contribution >= 4 is 29.3 Å². The molecule has 1 saturated heterocycles. The molecule has 36 heavy (non-hydrogen) atoms. The van der Waals surface area contributed by atoms with Crippen molar-refractivity contribution in [3.63, 3.8) is 0 Å². The number of nitrogens with one attached hydrogen (secondary N) is 1. The highest BCUT2D eigenvalue weighted by Crippen LogP contribution is 2.53. The Morgan fingerprint density at radius 1 is 1.06 bits per heavy atom. The minimum atomic E-state index is -0.648. The highest BCUT2D eigenvalue weighted by Gasteiger charge is 2.59. The van der Waals surface area contributed by atoms with E-state index in [4.69, 9.17) is 21.1 Å². The number of hydrogen-bond donors (Lipinski definition) is 1. The zero-order valence-electron chi connectivity index (χ0n) is 21.1. The maximum Gasteiger partial charge on any atom is 0.241 e. The van der Waals surface area contributed by atoms with E-state index in [0.717, 1.165) is 16.8 Å². The maximum atomic E-state index is 12.6. The second-order valence-corrected chi connectivity index (χ2v) is 10.3. The summed E-state index contributed by atoms with van der Waals surface area (Å²) in [6.45, 7) is 9.65. The molecule has 0 aromatic heterocycles. The van der Waals surface area contributed by atoms with Crippen molar-refractivity contribution in [1.29, 1.82) is 0 Å². The minimum Gasteiger partial charge on any atom is -0.490 e. The van der Waals surface area contributed by atoms with Crippen molar-refractivity contribution in [2.75, 3.05) is 18.1 Å². The average molecular weight is 503 g/mol. The Balaban J connectivity index is 1.45. The van der Waals surface area contributed by atoms with E-state index in [1.807, 2.05) is 49.4 Å². The summed E-state index contributed by atoms with van der Waals surface area (Å²) in [6, 6.07) is 20.0. The van der Waals surface area contributed by atoms with E-state index in [9.17, 15) is 4.79 Å². The molecule has 0 spiro atoms. The van der Waals surface area contributed by atoms with Gasteiger partial charge < -0.3 is 19.7 Å². The fraction of sp³-hybridized carbons (Fsp3) is 0.300. The first-order valence-electron chi connectivity index (χ1n) is 12.3. The van der Waals surface area contributed by atoms with Crippen molar-refractivity contribution < 1.29 is 14.3 Å². The predicted molar refractivity (Wildman–Crippen MR) is 145 cm³/mol. The highest BCUT2D eigenvalue weighted by molar-refractivity contribution is 6.31. The SMILES string of the molecule is CCOc1cc(/C=C/[C@]23NC(=O)CN2c2ccc(C)cc2C3(C)C)ccc1OCc1ccccc1Cl. The number of halogens is 1. The number of ether oxygens (including phenoxy) is 2. The summed E-state index contributed by atoms with van der Waals surface area (Å²) in [6.07, 6.45) is 4.17. The molecule has 6 heteroatoms. The van der Waals surface area contributed by atoms with Crippen LogP contribution in [0.3, 0.4) is 0 Å². The van der Waals surface area contributed by atoms with Gasteiger partial charge in [-0.15, -0.1) is 0 Å². The van der Waals surface area contributed by atoms with Gasteiger partial charge in [0, 0.05) is 21.7 Å². The Kier molecular flexibility index (Phi) is 6.21. The van der Waals surface area contributed by atoms with Crippen LogP contribution in [0.25, 0.3) is 6.08 Å². The van der Waals surface area contributed by atoms with Gasteiger partial charge in [-0.3, -0.25) is 4.79 Å². The topological polar surface area (TPSA) is 50.8 Å². The number of carbonyl (C=O) groups excluding carboxylic acids is 1. The predicted octanol–water partition coefficient (Wildman–Crippen LogP) is 6.26. The molecule has 0 aliphatic carbocycles. The fourth-order valence-corrected chi connectivity index (χ4v) is 5.48. The van der Waals surface area contributed by atoms with Crippen LogP contribution in [0.1, 0.15) is 43.0 Å². The molecule has 1 amide bonds. The van der Waals surface area contributed by atoms with E-state index in [1.54, 1.807) is 0 Å². The van der Waals surface area contributed by atoms with Crippen LogP contribution in [0.5, 0.6) is 11.5 Å². The van der Waals surface area contributed by atoms with Crippen LogP contribution in [0.4, 0.5) is 5.69 Å². The van der Waals surface area contributed by atoms with Crippen LogP contribution in [-0.2, 0) is 16.8 Å². The number of benzene rings is 3. The summed E-state index contributed by atoms with van der Waals surface area (Å²) in [5.74, 6) is 1.35. The van der Waals surface area contributed by atoms with E-state index < -0.39 is 5.66 Å². The first-order valence-corrected chi connectivity index (χ1v) is 12.6. The molecular formula is C30H31ClN2O3. The normalized spacial score (nSPS) is 19.8. The third kappa shape index (κ3) is 4.01. The second kappa shape index (κ2) is 9.21. The van der Waals surface area contributed by atoms with E-state index in [2.05, 4.69) is 61.3 Å². The lowest BCUT2D eigenvalue weighted by atomic mass is 9.75. The standard InChI is InChI=1S/C30H31ClN2O3/c1-5-35-27-17-21(11-13-26(27)36-19-22-8-6-7-9-24(22)31)14-15-30-29(3,4)23-16-20(2)10-12-25(23)33(30)18-28(34)32-30/h6-17H,5,18-19H2,1-4H3,(H,32,34)/b15-14+/t30-/m0/s1. The maximum absolute atomic E-state index is 12.6. The van der Waals surface area contributed by atoms with Crippen LogP contribution in [0, 0.1) is 6.92 Å². The van der Waals surface area contributed by atoms with Gasteiger partial charge >= 0.3 is 0 Å². The first kappa shape index (κ1) is 24.3. The molecule has 3 aromatic rings. The lowest BCUT2D eigenvalue weighted by Crippen LogP contribution is -2.58.